The molecule has 338 valence electrons. The number of carbonyl (C=O) groups is 2. The molecule has 0 aromatic heterocycles. The number of phosphoric acid groups is 1. The summed E-state index contributed by atoms with van der Waals surface area (Å²) in [4.78, 5) is 33.6. The van der Waals surface area contributed by atoms with E-state index >= 15 is 0 Å². The molecule has 0 amide bonds. The van der Waals surface area contributed by atoms with Gasteiger partial charge in [0.15, 0.2) is 0 Å². The number of nitrogens with two attached hydrogens (primary N) is 1. The third-order valence-corrected chi connectivity index (χ3v) is 10.1. The molecule has 0 saturated carbocycles. The highest BCUT2D eigenvalue weighted by Gasteiger charge is 2.27. The zero-order valence-corrected chi connectivity index (χ0v) is 37.7. The number of phosphoric ester groups is 1. The maximum atomic E-state index is 12.6. The molecule has 11 heteroatoms. The summed E-state index contributed by atoms with van der Waals surface area (Å²) in [6.07, 6.45) is 54.9. The van der Waals surface area contributed by atoms with Crippen molar-refractivity contribution in [1.82, 2.24) is 0 Å². The SMILES string of the molecule is CC/C=C\C/C=C\C/C=C\C/C=C\C/C=C\CCCCCC(=O)OC(COCCCCCCCCCC/C=C\C/C=C\CCCCC)COP(=O)(O)OCC(N)C(=O)O. The quantitative estimate of drug-likeness (QED) is 0.0234. The lowest BCUT2D eigenvalue weighted by Crippen LogP contribution is -2.34. The fourth-order valence-electron chi connectivity index (χ4n) is 5.66. The lowest BCUT2D eigenvalue weighted by atomic mass is 10.1. The second-order valence-corrected chi connectivity index (χ2v) is 16.2. The van der Waals surface area contributed by atoms with Crippen molar-refractivity contribution >= 4 is 19.8 Å². The summed E-state index contributed by atoms with van der Waals surface area (Å²) in [6, 6.07) is -1.48. The first-order chi connectivity index (χ1) is 28.7. The van der Waals surface area contributed by atoms with Gasteiger partial charge in [0, 0.05) is 13.0 Å². The van der Waals surface area contributed by atoms with E-state index in [0.29, 0.717) is 13.0 Å². The summed E-state index contributed by atoms with van der Waals surface area (Å²) >= 11 is 0. The molecule has 0 saturated heterocycles. The van der Waals surface area contributed by atoms with E-state index < -0.39 is 45.1 Å². The Morgan fingerprint density at radius 1 is 0.559 bits per heavy atom. The minimum Gasteiger partial charge on any atom is -0.480 e. The van der Waals surface area contributed by atoms with E-state index in [2.05, 4.69) is 98.9 Å². The van der Waals surface area contributed by atoms with Crippen molar-refractivity contribution in [2.75, 3.05) is 26.4 Å². The second kappa shape index (κ2) is 43.2. The van der Waals surface area contributed by atoms with Crippen LogP contribution in [-0.2, 0) is 32.7 Å². The normalized spacial score (nSPS) is 14.6. The molecule has 0 aliphatic carbocycles. The minimum absolute atomic E-state index is 0.00581. The summed E-state index contributed by atoms with van der Waals surface area (Å²) in [5, 5.41) is 8.91. The molecule has 0 radical (unpaired) electrons. The van der Waals surface area contributed by atoms with Crippen molar-refractivity contribution in [3.8, 4) is 0 Å². The van der Waals surface area contributed by atoms with Crippen LogP contribution in [0.5, 0.6) is 0 Å². The van der Waals surface area contributed by atoms with E-state index in [1.807, 2.05) is 0 Å². The molecule has 0 spiro atoms. The van der Waals surface area contributed by atoms with Crippen LogP contribution in [0.2, 0.25) is 0 Å². The van der Waals surface area contributed by atoms with Gasteiger partial charge in [0.2, 0.25) is 0 Å². The van der Waals surface area contributed by atoms with Crippen molar-refractivity contribution in [2.45, 2.75) is 180 Å². The highest BCUT2D eigenvalue weighted by molar-refractivity contribution is 7.47. The molecule has 0 bridgehead atoms. The molecule has 4 N–H and O–H groups in total. The molecule has 0 heterocycles. The van der Waals surface area contributed by atoms with E-state index in [1.165, 1.54) is 57.8 Å². The number of carboxylic acids is 1. The van der Waals surface area contributed by atoms with Gasteiger partial charge in [-0.2, -0.15) is 0 Å². The Labute approximate surface area is 358 Å². The third kappa shape index (κ3) is 43.1. The molecule has 10 nitrogen and oxygen atoms in total. The zero-order valence-electron chi connectivity index (χ0n) is 36.8. The van der Waals surface area contributed by atoms with Gasteiger partial charge in [0.1, 0.15) is 12.1 Å². The molecular formula is C48H82NO9P. The van der Waals surface area contributed by atoms with Gasteiger partial charge in [-0.05, 0) is 89.9 Å². The van der Waals surface area contributed by atoms with Crippen LogP contribution in [-0.4, -0.2) is 60.5 Å². The van der Waals surface area contributed by atoms with Crippen LogP contribution < -0.4 is 5.73 Å². The monoisotopic (exact) mass is 848 g/mol. The maximum absolute atomic E-state index is 12.6. The predicted molar refractivity (Wildman–Crippen MR) is 244 cm³/mol. The second-order valence-electron chi connectivity index (χ2n) is 14.8. The zero-order chi connectivity index (χ0) is 43.3. The van der Waals surface area contributed by atoms with E-state index in [9.17, 15) is 19.0 Å². The number of ether oxygens (including phenoxy) is 2. The summed E-state index contributed by atoms with van der Waals surface area (Å²) in [5.74, 6) is -1.82. The molecule has 0 rings (SSSR count). The number of hydrogen-bond donors (Lipinski definition) is 3. The van der Waals surface area contributed by atoms with Crippen LogP contribution in [0.3, 0.4) is 0 Å². The number of allylic oxidation sites excluding steroid dienone is 14. The molecule has 0 aliphatic heterocycles. The molecule has 0 aromatic rings. The Balaban J connectivity index is 4.32. The van der Waals surface area contributed by atoms with Crippen molar-refractivity contribution in [3.05, 3.63) is 85.1 Å². The molecular weight excluding hydrogens is 766 g/mol. The number of esters is 1. The Morgan fingerprint density at radius 3 is 1.47 bits per heavy atom. The van der Waals surface area contributed by atoms with Gasteiger partial charge in [-0.15, -0.1) is 0 Å². The number of carboxylic acid groups (broad SMARTS) is 1. The predicted octanol–water partition coefficient (Wildman–Crippen LogP) is 12.8. The van der Waals surface area contributed by atoms with Crippen molar-refractivity contribution < 1.29 is 42.7 Å². The number of carbonyl (C=O) groups excluding carboxylic acids is 1. The number of aliphatic carboxylic acids is 1. The van der Waals surface area contributed by atoms with Gasteiger partial charge in [0.25, 0.3) is 0 Å². The summed E-state index contributed by atoms with van der Waals surface area (Å²) < 4.78 is 33.4. The Hall–Kier alpha value is -2.85. The first-order valence-electron chi connectivity index (χ1n) is 22.6. The van der Waals surface area contributed by atoms with Crippen LogP contribution in [0.15, 0.2) is 85.1 Å². The van der Waals surface area contributed by atoms with E-state index in [0.717, 1.165) is 83.5 Å². The van der Waals surface area contributed by atoms with E-state index in [-0.39, 0.29) is 13.0 Å². The van der Waals surface area contributed by atoms with Crippen LogP contribution in [0.25, 0.3) is 0 Å². The first-order valence-corrected chi connectivity index (χ1v) is 24.1. The Bertz CT molecular complexity index is 1260. The molecule has 59 heavy (non-hydrogen) atoms. The van der Waals surface area contributed by atoms with Crippen LogP contribution in [0, 0.1) is 0 Å². The fourth-order valence-corrected chi connectivity index (χ4v) is 6.44. The van der Waals surface area contributed by atoms with Crippen molar-refractivity contribution in [3.63, 3.8) is 0 Å². The average Bonchev–Trinajstić information content (AvgIpc) is 3.21. The summed E-state index contributed by atoms with van der Waals surface area (Å²) in [7, 11) is -4.63. The van der Waals surface area contributed by atoms with Crippen molar-refractivity contribution in [2.24, 2.45) is 5.73 Å². The van der Waals surface area contributed by atoms with Gasteiger partial charge < -0.3 is 25.2 Å². The Kier molecular flexibility index (Phi) is 41.2. The lowest BCUT2D eigenvalue weighted by molar-refractivity contribution is -0.154. The maximum Gasteiger partial charge on any atom is 0.472 e. The highest BCUT2D eigenvalue weighted by atomic mass is 31.2. The fraction of sp³-hybridized carbons (Fsp3) is 0.667. The number of rotatable bonds is 42. The molecule has 0 fully saturated rings. The van der Waals surface area contributed by atoms with Gasteiger partial charge in [-0.25, -0.2) is 4.57 Å². The first kappa shape index (κ1) is 56.1. The van der Waals surface area contributed by atoms with E-state index in [1.54, 1.807) is 0 Å². The number of unbranched alkanes of at least 4 members (excludes halogenated alkanes) is 14. The van der Waals surface area contributed by atoms with Crippen molar-refractivity contribution in [1.29, 1.82) is 0 Å². The van der Waals surface area contributed by atoms with E-state index in [4.69, 9.17) is 29.4 Å². The molecule has 3 unspecified atom stereocenters. The molecule has 3 atom stereocenters. The summed E-state index contributed by atoms with van der Waals surface area (Å²) in [5.41, 5.74) is 5.36. The van der Waals surface area contributed by atoms with Crippen LogP contribution >= 0.6 is 7.82 Å². The largest absolute Gasteiger partial charge is 0.480 e. The minimum atomic E-state index is -4.63. The van der Waals surface area contributed by atoms with Crippen LogP contribution in [0.4, 0.5) is 0 Å². The smallest absolute Gasteiger partial charge is 0.472 e. The third-order valence-electron chi connectivity index (χ3n) is 9.16. The van der Waals surface area contributed by atoms with Gasteiger partial charge >= 0.3 is 19.8 Å². The highest BCUT2D eigenvalue weighted by Crippen LogP contribution is 2.43. The van der Waals surface area contributed by atoms with Gasteiger partial charge in [-0.1, -0.05) is 157 Å². The van der Waals surface area contributed by atoms with Crippen LogP contribution in [0.1, 0.15) is 168 Å². The topological polar surface area (TPSA) is 155 Å². The average molecular weight is 848 g/mol. The summed E-state index contributed by atoms with van der Waals surface area (Å²) in [6.45, 7) is 3.67. The Morgan fingerprint density at radius 2 is 0.983 bits per heavy atom. The number of hydrogen-bond acceptors (Lipinski definition) is 8. The molecule has 0 aliphatic rings. The van der Waals surface area contributed by atoms with Gasteiger partial charge in [0.05, 0.1) is 19.8 Å². The molecule has 0 aromatic carbocycles. The standard InChI is InChI=1S/C48H82NO9P/c1-3-5-7-9-11-13-15-17-19-21-23-24-26-28-30-32-34-36-38-40-47(50)58-45(43-56-59(53,54)57-44-46(49)48(51)52)42-55-41-39-37-35-33-31-29-27-25-22-20-18-16-14-12-10-8-6-4-2/h5,7,11-14,17-20,23-24,28,30,45-46H,3-4,6,8-10,15-16,21-22,25-27,29,31-44,49H2,1-2H3,(H,51,52)(H,53,54)/b7-5-,13-11-,14-12-,19-17-,20-18-,24-23-,30-28-. The lowest BCUT2D eigenvalue weighted by Gasteiger charge is -2.20. The van der Waals surface area contributed by atoms with Gasteiger partial charge in [-0.3, -0.25) is 18.6 Å².